The number of rotatable bonds is 2. The number of nitrogens with two attached hydrogens (primary N) is 1. The molecule has 3 aromatic rings. The number of nitrogens with zero attached hydrogens (tertiary/aromatic N) is 3. The molecule has 0 aliphatic carbocycles. The van der Waals surface area contributed by atoms with Gasteiger partial charge in [0, 0.05) is 17.1 Å². The average Bonchev–Trinajstić information content (AvgIpc) is 2.80. The molecular weight excluding hydrogens is 356 g/mol. The van der Waals surface area contributed by atoms with Crippen molar-refractivity contribution in [3.05, 3.63) is 40.9 Å². The molecule has 2 N–H and O–H groups in total. The Bertz CT molecular complexity index is 950. The SMILES string of the molecule is Cn1c(-c2ccc3cc(Br)ccc3c2)nnc1S(N)(=O)=O. The summed E-state index contributed by atoms with van der Waals surface area (Å²) in [5, 5.41) is 14.5. The first kappa shape index (κ1) is 14.2. The third kappa shape index (κ3) is 2.57. The van der Waals surface area contributed by atoms with Crippen LogP contribution in [0.1, 0.15) is 0 Å². The fourth-order valence-corrected chi connectivity index (χ4v) is 3.17. The third-order valence-electron chi connectivity index (χ3n) is 3.15. The number of benzene rings is 2. The Hall–Kier alpha value is -1.77. The molecule has 0 unspecified atom stereocenters. The van der Waals surface area contributed by atoms with Crippen LogP contribution in [0, 0.1) is 0 Å². The molecule has 0 spiro atoms. The minimum Gasteiger partial charge on any atom is -0.300 e. The number of halogens is 1. The summed E-state index contributed by atoms with van der Waals surface area (Å²) in [4.78, 5) is 0. The van der Waals surface area contributed by atoms with Crippen molar-refractivity contribution in [3.8, 4) is 11.4 Å². The maximum Gasteiger partial charge on any atom is 0.273 e. The zero-order valence-corrected chi connectivity index (χ0v) is 13.4. The fourth-order valence-electron chi connectivity index (χ4n) is 2.17. The standard InChI is InChI=1S/C13H11BrN4O2S/c1-18-12(16-17-13(18)21(15,19)20)10-3-2-9-7-11(14)5-4-8(9)6-10/h2-7H,1H3,(H2,15,19,20). The number of hydrogen-bond acceptors (Lipinski definition) is 4. The van der Waals surface area contributed by atoms with Crippen molar-refractivity contribution in [2.24, 2.45) is 12.2 Å². The quantitative estimate of drug-likeness (QED) is 0.751. The van der Waals surface area contributed by atoms with Gasteiger partial charge in [0.1, 0.15) is 0 Å². The number of primary sulfonamides is 1. The summed E-state index contributed by atoms with van der Waals surface area (Å²) in [5.74, 6) is 0.448. The summed E-state index contributed by atoms with van der Waals surface area (Å²) in [6.45, 7) is 0. The van der Waals surface area contributed by atoms with Gasteiger partial charge in [-0.15, -0.1) is 10.2 Å². The molecule has 2 aromatic carbocycles. The lowest BCUT2D eigenvalue weighted by atomic mass is 10.1. The second-order valence-corrected chi connectivity index (χ2v) is 6.99. The van der Waals surface area contributed by atoms with Gasteiger partial charge >= 0.3 is 0 Å². The van der Waals surface area contributed by atoms with E-state index in [0.717, 1.165) is 20.8 Å². The monoisotopic (exact) mass is 366 g/mol. The van der Waals surface area contributed by atoms with Crippen LogP contribution in [-0.2, 0) is 17.1 Å². The van der Waals surface area contributed by atoms with Gasteiger partial charge in [-0.1, -0.05) is 34.1 Å². The van der Waals surface area contributed by atoms with Crippen LogP contribution >= 0.6 is 15.9 Å². The van der Waals surface area contributed by atoms with Crippen LogP contribution in [0.15, 0.2) is 46.0 Å². The molecule has 1 aromatic heterocycles. The van der Waals surface area contributed by atoms with E-state index in [-0.39, 0.29) is 5.16 Å². The van der Waals surface area contributed by atoms with E-state index in [1.807, 2.05) is 36.4 Å². The van der Waals surface area contributed by atoms with Crippen LogP contribution in [0.3, 0.4) is 0 Å². The van der Waals surface area contributed by atoms with E-state index in [0.29, 0.717) is 5.82 Å². The molecule has 0 bridgehead atoms. The highest BCUT2D eigenvalue weighted by Gasteiger charge is 2.19. The molecule has 0 aliphatic heterocycles. The smallest absolute Gasteiger partial charge is 0.273 e. The topological polar surface area (TPSA) is 90.9 Å². The largest absolute Gasteiger partial charge is 0.300 e. The first-order valence-corrected chi connectivity index (χ1v) is 8.32. The first-order valence-electron chi connectivity index (χ1n) is 5.98. The van der Waals surface area contributed by atoms with Gasteiger partial charge < -0.3 is 0 Å². The van der Waals surface area contributed by atoms with Crippen LogP contribution in [-0.4, -0.2) is 23.2 Å². The Kier molecular flexibility index (Phi) is 3.31. The third-order valence-corrected chi connectivity index (χ3v) is 4.51. The Labute approximate surface area is 129 Å². The molecule has 3 rings (SSSR count). The van der Waals surface area contributed by atoms with E-state index in [1.165, 1.54) is 4.57 Å². The number of fused-ring (bicyclic) bond motifs is 1. The summed E-state index contributed by atoms with van der Waals surface area (Å²) < 4.78 is 25.2. The van der Waals surface area contributed by atoms with E-state index in [4.69, 9.17) is 5.14 Å². The molecule has 0 aliphatic rings. The van der Waals surface area contributed by atoms with Gasteiger partial charge in [0.2, 0.25) is 0 Å². The Balaban J connectivity index is 2.17. The van der Waals surface area contributed by atoms with Crippen molar-refractivity contribution in [2.45, 2.75) is 5.16 Å². The van der Waals surface area contributed by atoms with Gasteiger partial charge in [-0.3, -0.25) is 4.57 Å². The normalized spacial score (nSPS) is 12.0. The minimum absolute atomic E-state index is 0.256. The highest BCUT2D eigenvalue weighted by Crippen LogP contribution is 2.26. The number of sulfonamides is 1. The van der Waals surface area contributed by atoms with E-state index >= 15 is 0 Å². The lowest BCUT2D eigenvalue weighted by Gasteiger charge is -2.05. The average molecular weight is 367 g/mol. The predicted octanol–water partition coefficient (Wildman–Crippen LogP) is 2.05. The molecule has 1 heterocycles. The fraction of sp³-hybridized carbons (Fsp3) is 0.0769. The molecule has 0 saturated carbocycles. The van der Waals surface area contributed by atoms with E-state index in [2.05, 4.69) is 26.1 Å². The van der Waals surface area contributed by atoms with Gasteiger partial charge in [0.15, 0.2) is 5.82 Å². The molecule has 108 valence electrons. The maximum atomic E-state index is 11.4. The van der Waals surface area contributed by atoms with E-state index < -0.39 is 10.0 Å². The van der Waals surface area contributed by atoms with Gasteiger partial charge in [0.05, 0.1) is 0 Å². The van der Waals surface area contributed by atoms with Crippen LogP contribution in [0.25, 0.3) is 22.2 Å². The molecule has 0 radical (unpaired) electrons. The summed E-state index contributed by atoms with van der Waals surface area (Å²) in [5.41, 5.74) is 0.773. The molecule has 0 fully saturated rings. The summed E-state index contributed by atoms with van der Waals surface area (Å²) in [6, 6.07) is 11.7. The Morgan fingerprint density at radius 3 is 2.43 bits per heavy atom. The van der Waals surface area contributed by atoms with Crippen LogP contribution in [0.4, 0.5) is 0 Å². The number of hydrogen-bond donors (Lipinski definition) is 1. The van der Waals surface area contributed by atoms with Crippen molar-refractivity contribution in [1.29, 1.82) is 0 Å². The van der Waals surface area contributed by atoms with Crippen molar-refractivity contribution < 1.29 is 8.42 Å². The molecular formula is C13H11BrN4O2S. The summed E-state index contributed by atoms with van der Waals surface area (Å²) in [7, 11) is -2.32. The van der Waals surface area contributed by atoms with Gasteiger partial charge in [-0.2, -0.15) is 0 Å². The van der Waals surface area contributed by atoms with Gasteiger partial charge in [-0.05, 0) is 29.0 Å². The molecule has 8 heteroatoms. The van der Waals surface area contributed by atoms with Gasteiger partial charge in [0.25, 0.3) is 15.2 Å². The Morgan fingerprint density at radius 2 is 1.76 bits per heavy atom. The molecule has 6 nitrogen and oxygen atoms in total. The summed E-state index contributed by atoms with van der Waals surface area (Å²) >= 11 is 3.43. The Morgan fingerprint density at radius 1 is 1.10 bits per heavy atom. The molecule has 21 heavy (non-hydrogen) atoms. The zero-order valence-electron chi connectivity index (χ0n) is 11.0. The van der Waals surface area contributed by atoms with E-state index in [9.17, 15) is 8.42 Å². The predicted molar refractivity (Wildman–Crippen MR) is 83.0 cm³/mol. The first-order chi connectivity index (χ1) is 9.86. The van der Waals surface area contributed by atoms with Crippen LogP contribution in [0.5, 0.6) is 0 Å². The highest BCUT2D eigenvalue weighted by atomic mass is 79.9. The lowest BCUT2D eigenvalue weighted by molar-refractivity contribution is 0.580. The molecule has 0 atom stereocenters. The summed E-state index contributed by atoms with van der Waals surface area (Å²) in [6.07, 6.45) is 0. The second kappa shape index (κ2) is 4.90. The number of aromatic nitrogens is 3. The highest BCUT2D eigenvalue weighted by molar-refractivity contribution is 9.10. The zero-order chi connectivity index (χ0) is 15.2. The van der Waals surface area contributed by atoms with Crippen LogP contribution < -0.4 is 5.14 Å². The van der Waals surface area contributed by atoms with Crippen molar-refractivity contribution >= 4 is 36.7 Å². The van der Waals surface area contributed by atoms with Crippen molar-refractivity contribution in [3.63, 3.8) is 0 Å². The van der Waals surface area contributed by atoms with E-state index in [1.54, 1.807) is 7.05 Å². The molecule has 0 amide bonds. The minimum atomic E-state index is -3.89. The van der Waals surface area contributed by atoms with Crippen LogP contribution in [0.2, 0.25) is 0 Å². The lowest BCUT2D eigenvalue weighted by Crippen LogP contribution is -2.17. The molecule has 0 saturated heterocycles. The van der Waals surface area contributed by atoms with Crippen molar-refractivity contribution in [2.75, 3.05) is 0 Å². The second-order valence-electron chi connectivity index (χ2n) is 4.62. The van der Waals surface area contributed by atoms with Crippen molar-refractivity contribution in [1.82, 2.24) is 14.8 Å². The van der Waals surface area contributed by atoms with Gasteiger partial charge in [-0.25, -0.2) is 13.6 Å². The maximum absolute atomic E-state index is 11.4.